The van der Waals surface area contributed by atoms with E-state index in [9.17, 15) is 4.79 Å². The summed E-state index contributed by atoms with van der Waals surface area (Å²) in [5.74, 6) is 5.70. The minimum Gasteiger partial charge on any atom is -0.338 e. The molecule has 18 heavy (non-hydrogen) atoms. The lowest BCUT2D eigenvalue weighted by molar-refractivity contribution is 0.102. The van der Waals surface area contributed by atoms with Gasteiger partial charge < -0.3 is 10.3 Å². The maximum Gasteiger partial charge on any atom is 0.258 e. The largest absolute Gasteiger partial charge is 0.338 e. The van der Waals surface area contributed by atoms with Gasteiger partial charge in [0.15, 0.2) is 0 Å². The normalized spacial score (nSPS) is 9.67. The molecule has 0 fully saturated rings. The molecule has 0 aliphatic rings. The van der Waals surface area contributed by atoms with Gasteiger partial charge in [0.05, 0.1) is 22.7 Å². The van der Waals surface area contributed by atoms with Crippen molar-refractivity contribution in [2.24, 2.45) is 5.73 Å². The molecule has 0 spiro atoms. The Kier molecular flexibility index (Phi) is 3.77. The lowest BCUT2D eigenvalue weighted by atomic mass is 10.3. The highest BCUT2D eigenvalue weighted by atomic mass is 32.1. The first-order valence-corrected chi connectivity index (χ1v) is 6.09. The van der Waals surface area contributed by atoms with Crippen LogP contribution in [-0.4, -0.2) is 17.6 Å². The van der Waals surface area contributed by atoms with E-state index < -0.39 is 0 Å². The van der Waals surface area contributed by atoms with E-state index in [2.05, 4.69) is 22.3 Å². The predicted molar refractivity (Wildman–Crippen MR) is 69.4 cm³/mol. The number of hydrogen-bond acceptors (Lipinski definition) is 5. The van der Waals surface area contributed by atoms with Gasteiger partial charge in [-0.05, 0) is 13.0 Å². The third kappa shape index (κ3) is 2.97. The summed E-state index contributed by atoms with van der Waals surface area (Å²) in [4.78, 5) is 12.7. The smallest absolute Gasteiger partial charge is 0.258 e. The lowest BCUT2D eigenvalue weighted by Gasteiger charge is -1.96. The first-order chi connectivity index (χ1) is 8.69. The van der Waals surface area contributed by atoms with Crippen LogP contribution in [0.15, 0.2) is 22.0 Å². The van der Waals surface area contributed by atoms with E-state index in [1.807, 2.05) is 0 Å². The Hall–Kier alpha value is -2.10. The topological polar surface area (TPSA) is 81.2 Å². The van der Waals surface area contributed by atoms with Gasteiger partial charge in [0.1, 0.15) is 0 Å². The third-order valence-electron chi connectivity index (χ3n) is 2.04. The van der Waals surface area contributed by atoms with E-state index in [4.69, 9.17) is 10.3 Å². The van der Waals surface area contributed by atoms with Gasteiger partial charge in [-0.1, -0.05) is 17.0 Å². The lowest BCUT2D eigenvalue weighted by Crippen LogP contribution is -2.09. The van der Waals surface area contributed by atoms with Crippen molar-refractivity contribution in [1.82, 2.24) is 5.16 Å². The Morgan fingerprint density at radius 2 is 2.44 bits per heavy atom. The maximum absolute atomic E-state index is 11.8. The van der Waals surface area contributed by atoms with Crippen molar-refractivity contribution >= 4 is 23.1 Å². The zero-order chi connectivity index (χ0) is 13.0. The van der Waals surface area contributed by atoms with Crippen molar-refractivity contribution in [3.05, 3.63) is 33.6 Å². The molecule has 2 rings (SSSR count). The fraction of sp³-hybridized carbons (Fsp3) is 0.167. The van der Waals surface area contributed by atoms with Gasteiger partial charge in [0.2, 0.25) is 5.88 Å². The van der Waals surface area contributed by atoms with Gasteiger partial charge in [0.25, 0.3) is 5.91 Å². The number of nitrogens with zero attached hydrogens (tertiary/aromatic N) is 1. The van der Waals surface area contributed by atoms with Gasteiger partial charge in [-0.25, -0.2) is 0 Å². The van der Waals surface area contributed by atoms with E-state index >= 15 is 0 Å². The van der Waals surface area contributed by atoms with Crippen molar-refractivity contribution in [3.8, 4) is 11.8 Å². The van der Waals surface area contributed by atoms with Crippen LogP contribution in [0.3, 0.4) is 0 Å². The quantitative estimate of drug-likeness (QED) is 0.805. The van der Waals surface area contributed by atoms with Crippen LogP contribution in [0.5, 0.6) is 0 Å². The second-order valence-corrected chi connectivity index (χ2v) is 4.40. The molecule has 0 atom stereocenters. The van der Waals surface area contributed by atoms with Crippen molar-refractivity contribution < 1.29 is 9.32 Å². The van der Waals surface area contributed by atoms with Gasteiger partial charge in [-0.3, -0.25) is 10.1 Å². The Balaban J connectivity index is 2.07. The van der Waals surface area contributed by atoms with E-state index in [1.165, 1.54) is 11.3 Å². The SMILES string of the molecule is Cc1cc(NC(=O)c2csc(C#CCN)c2)on1. The van der Waals surface area contributed by atoms with E-state index in [0.717, 1.165) is 4.88 Å². The molecule has 2 aromatic heterocycles. The number of carbonyl (C=O) groups excluding carboxylic acids is 1. The van der Waals surface area contributed by atoms with Crippen molar-refractivity contribution in [1.29, 1.82) is 0 Å². The first kappa shape index (κ1) is 12.4. The Bertz CT molecular complexity index is 619. The number of amides is 1. The standard InChI is InChI=1S/C12H11N3O2S/c1-8-5-11(17-15-8)14-12(16)9-6-10(18-7-9)3-2-4-13/h5-7H,4,13H2,1H3,(H,14,16). The molecule has 3 N–H and O–H groups in total. The fourth-order valence-electron chi connectivity index (χ4n) is 1.27. The predicted octanol–water partition coefficient (Wildman–Crippen LogP) is 1.61. The molecule has 0 aliphatic carbocycles. The van der Waals surface area contributed by atoms with E-state index in [0.29, 0.717) is 23.7 Å². The van der Waals surface area contributed by atoms with Crippen LogP contribution in [-0.2, 0) is 0 Å². The molecule has 0 saturated carbocycles. The summed E-state index contributed by atoms with van der Waals surface area (Å²) < 4.78 is 4.91. The number of carbonyl (C=O) groups is 1. The van der Waals surface area contributed by atoms with Gasteiger partial charge in [-0.2, -0.15) is 0 Å². The second kappa shape index (κ2) is 5.49. The molecule has 2 aromatic rings. The van der Waals surface area contributed by atoms with Crippen molar-refractivity contribution in [2.75, 3.05) is 11.9 Å². The molecule has 0 bridgehead atoms. The number of anilines is 1. The van der Waals surface area contributed by atoms with Crippen LogP contribution in [0.4, 0.5) is 5.88 Å². The van der Waals surface area contributed by atoms with Gasteiger partial charge in [0, 0.05) is 11.4 Å². The average Bonchev–Trinajstić information content (AvgIpc) is 2.96. The molecule has 2 heterocycles. The monoisotopic (exact) mass is 261 g/mol. The number of rotatable bonds is 2. The average molecular weight is 261 g/mol. The number of thiophene rings is 1. The van der Waals surface area contributed by atoms with Crippen LogP contribution < -0.4 is 11.1 Å². The van der Waals surface area contributed by atoms with Crippen molar-refractivity contribution in [2.45, 2.75) is 6.92 Å². The van der Waals surface area contributed by atoms with Gasteiger partial charge >= 0.3 is 0 Å². The van der Waals surface area contributed by atoms with Crippen LogP contribution in [0.2, 0.25) is 0 Å². The molecule has 5 nitrogen and oxygen atoms in total. The van der Waals surface area contributed by atoms with Crippen LogP contribution >= 0.6 is 11.3 Å². The van der Waals surface area contributed by atoms with Crippen LogP contribution in [0.1, 0.15) is 20.9 Å². The fourth-order valence-corrected chi connectivity index (χ4v) is 2.02. The summed E-state index contributed by atoms with van der Waals surface area (Å²) in [5.41, 5.74) is 6.53. The highest BCUT2D eigenvalue weighted by Crippen LogP contribution is 2.16. The zero-order valence-corrected chi connectivity index (χ0v) is 10.5. The second-order valence-electron chi connectivity index (χ2n) is 3.49. The summed E-state index contributed by atoms with van der Waals surface area (Å²) in [6.07, 6.45) is 0. The molecule has 0 aliphatic heterocycles. The number of nitrogens with two attached hydrogens (primary N) is 1. The highest BCUT2D eigenvalue weighted by Gasteiger charge is 2.10. The molecule has 0 unspecified atom stereocenters. The van der Waals surface area contributed by atoms with Crippen LogP contribution in [0, 0.1) is 18.8 Å². The van der Waals surface area contributed by atoms with E-state index in [1.54, 1.807) is 24.4 Å². The summed E-state index contributed by atoms with van der Waals surface area (Å²) in [7, 11) is 0. The molecule has 6 heteroatoms. The Morgan fingerprint density at radius 3 is 3.11 bits per heavy atom. The molecular weight excluding hydrogens is 250 g/mol. The number of nitrogens with one attached hydrogen (secondary N) is 1. The number of hydrogen-bond donors (Lipinski definition) is 2. The van der Waals surface area contributed by atoms with Gasteiger partial charge in [-0.15, -0.1) is 11.3 Å². The number of aromatic nitrogens is 1. The molecule has 0 saturated heterocycles. The Labute approximate surface area is 108 Å². The minimum atomic E-state index is -0.247. The molecule has 0 radical (unpaired) electrons. The van der Waals surface area contributed by atoms with Crippen LogP contribution in [0.25, 0.3) is 0 Å². The summed E-state index contributed by atoms with van der Waals surface area (Å²) in [6, 6.07) is 3.37. The minimum absolute atomic E-state index is 0.247. The summed E-state index contributed by atoms with van der Waals surface area (Å²) >= 11 is 1.40. The van der Waals surface area contributed by atoms with E-state index in [-0.39, 0.29) is 5.91 Å². The summed E-state index contributed by atoms with van der Waals surface area (Å²) in [5, 5.41) is 8.04. The third-order valence-corrected chi connectivity index (χ3v) is 2.89. The Morgan fingerprint density at radius 1 is 1.61 bits per heavy atom. The highest BCUT2D eigenvalue weighted by molar-refractivity contribution is 7.10. The number of aryl methyl sites for hydroxylation is 1. The molecule has 1 amide bonds. The molecule has 0 aromatic carbocycles. The molecular formula is C12H11N3O2S. The molecule has 92 valence electrons. The summed E-state index contributed by atoms with van der Waals surface area (Å²) in [6.45, 7) is 2.08. The zero-order valence-electron chi connectivity index (χ0n) is 9.69. The first-order valence-electron chi connectivity index (χ1n) is 5.21. The maximum atomic E-state index is 11.8. The van der Waals surface area contributed by atoms with Crippen molar-refractivity contribution in [3.63, 3.8) is 0 Å².